The average molecular weight is 239 g/mol. The van der Waals surface area contributed by atoms with Crippen molar-refractivity contribution < 1.29 is 9.53 Å². The number of primary amides is 1. The van der Waals surface area contributed by atoms with Gasteiger partial charge in [-0.15, -0.1) is 0 Å². The van der Waals surface area contributed by atoms with Gasteiger partial charge in [-0.25, -0.2) is 4.79 Å². The SMILES string of the molecule is NC(=O)OCC1c2ccccc2C2C=C=C=CC21. The molecular formula is C15H13NO2. The first-order chi connectivity index (χ1) is 8.77. The summed E-state index contributed by atoms with van der Waals surface area (Å²) < 4.78 is 4.99. The van der Waals surface area contributed by atoms with E-state index in [1.807, 2.05) is 24.3 Å². The molecule has 3 heteroatoms. The topological polar surface area (TPSA) is 52.3 Å². The lowest BCUT2D eigenvalue weighted by molar-refractivity contribution is 0.143. The number of rotatable bonds is 2. The van der Waals surface area contributed by atoms with Crippen LogP contribution in [0.4, 0.5) is 4.79 Å². The van der Waals surface area contributed by atoms with Gasteiger partial charge in [0.25, 0.3) is 0 Å². The molecule has 3 rings (SSSR count). The summed E-state index contributed by atoms with van der Waals surface area (Å²) in [7, 11) is 0. The van der Waals surface area contributed by atoms with E-state index >= 15 is 0 Å². The molecule has 0 saturated carbocycles. The van der Waals surface area contributed by atoms with E-state index in [-0.39, 0.29) is 11.8 Å². The Kier molecular flexibility index (Phi) is 2.56. The van der Waals surface area contributed by atoms with Crippen molar-refractivity contribution in [1.29, 1.82) is 0 Å². The van der Waals surface area contributed by atoms with Crippen LogP contribution in [-0.2, 0) is 4.74 Å². The summed E-state index contributed by atoms with van der Waals surface area (Å²) >= 11 is 0. The summed E-state index contributed by atoms with van der Waals surface area (Å²) in [6.07, 6.45) is 3.33. The summed E-state index contributed by atoms with van der Waals surface area (Å²) in [6.45, 7) is 0.319. The van der Waals surface area contributed by atoms with Crippen molar-refractivity contribution in [2.24, 2.45) is 11.7 Å². The Morgan fingerprint density at radius 1 is 1.22 bits per heavy atom. The van der Waals surface area contributed by atoms with Gasteiger partial charge in [-0.3, -0.25) is 0 Å². The average Bonchev–Trinajstić information content (AvgIpc) is 2.71. The predicted molar refractivity (Wildman–Crippen MR) is 67.1 cm³/mol. The maximum atomic E-state index is 10.8. The molecule has 0 aliphatic heterocycles. The molecule has 1 aromatic rings. The molecule has 90 valence electrons. The van der Waals surface area contributed by atoms with Crippen LogP contribution >= 0.6 is 0 Å². The third kappa shape index (κ3) is 1.67. The smallest absolute Gasteiger partial charge is 0.404 e. The van der Waals surface area contributed by atoms with Gasteiger partial charge in [0.2, 0.25) is 0 Å². The molecule has 0 bridgehead atoms. The zero-order chi connectivity index (χ0) is 12.5. The first-order valence-electron chi connectivity index (χ1n) is 5.96. The molecule has 0 radical (unpaired) electrons. The van der Waals surface area contributed by atoms with Crippen LogP contribution in [0, 0.1) is 5.92 Å². The zero-order valence-corrected chi connectivity index (χ0v) is 9.80. The summed E-state index contributed by atoms with van der Waals surface area (Å²) in [6, 6.07) is 8.25. The number of fused-ring (bicyclic) bond motifs is 3. The predicted octanol–water partition coefficient (Wildman–Crippen LogP) is 2.46. The number of carbonyl (C=O) groups is 1. The highest BCUT2D eigenvalue weighted by Crippen LogP contribution is 2.48. The van der Waals surface area contributed by atoms with Gasteiger partial charge in [0.15, 0.2) is 0 Å². The van der Waals surface area contributed by atoms with Crippen molar-refractivity contribution in [3.8, 4) is 0 Å². The van der Waals surface area contributed by atoms with Crippen LogP contribution in [0.1, 0.15) is 23.0 Å². The minimum Gasteiger partial charge on any atom is -0.449 e. The Morgan fingerprint density at radius 2 is 1.94 bits per heavy atom. The molecule has 0 aromatic heterocycles. The molecule has 0 heterocycles. The van der Waals surface area contributed by atoms with Crippen LogP contribution in [0.2, 0.25) is 0 Å². The second-order valence-electron chi connectivity index (χ2n) is 4.59. The highest BCUT2D eigenvalue weighted by atomic mass is 16.5. The van der Waals surface area contributed by atoms with E-state index in [0.717, 1.165) is 0 Å². The van der Waals surface area contributed by atoms with E-state index in [1.54, 1.807) is 0 Å². The van der Waals surface area contributed by atoms with Crippen LogP contribution in [0.3, 0.4) is 0 Å². The van der Waals surface area contributed by atoms with Gasteiger partial charge >= 0.3 is 6.09 Å². The van der Waals surface area contributed by atoms with E-state index in [4.69, 9.17) is 10.5 Å². The number of nitrogens with two attached hydrogens (primary N) is 1. The molecule has 2 N–H and O–H groups in total. The molecule has 18 heavy (non-hydrogen) atoms. The van der Waals surface area contributed by atoms with Crippen LogP contribution < -0.4 is 5.73 Å². The lowest BCUT2D eigenvalue weighted by Crippen LogP contribution is -2.20. The Hall–Kier alpha value is -2.21. The van der Waals surface area contributed by atoms with Gasteiger partial charge in [-0.2, -0.15) is 0 Å². The lowest BCUT2D eigenvalue weighted by Gasteiger charge is -2.19. The lowest BCUT2D eigenvalue weighted by atomic mass is 9.86. The fourth-order valence-corrected chi connectivity index (χ4v) is 2.89. The van der Waals surface area contributed by atoms with Gasteiger partial charge in [0, 0.05) is 17.8 Å². The second kappa shape index (κ2) is 4.23. The summed E-state index contributed by atoms with van der Waals surface area (Å²) in [5.74, 6) is 0.747. The standard InChI is InChI=1S/C15H13NO2/c16-15(17)18-9-14-12-7-3-1-5-10(12)11-6-2-4-8-13(11)14/h1,3,5-8,11,13-14H,9H2,(H2,16,17). The summed E-state index contributed by atoms with van der Waals surface area (Å²) in [4.78, 5) is 10.8. The first-order valence-corrected chi connectivity index (χ1v) is 5.96. The van der Waals surface area contributed by atoms with Gasteiger partial charge in [-0.05, 0) is 23.3 Å². The minimum absolute atomic E-state index is 0.157. The van der Waals surface area contributed by atoms with Crippen LogP contribution in [0.5, 0.6) is 0 Å². The summed E-state index contributed by atoms with van der Waals surface area (Å²) in [5.41, 5.74) is 13.6. The van der Waals surface area contributed by atoms with E-state index in [0.29, 0.717) is 12.5 Å². The minimum atomic E-state index is -0.721. The van der Waals surface area contributed by atoms with E-state index in [1.165, 1.54) is 11.1 Å². The Morgan fingerprint density at radius 3 is 2.72 bits per heavy atom. The van der Waals surface area contributed by atoms with Gasteiger partial charge in [0.1, 0.15) is 6.61 Å². The molecule has 0 fully saturated rings. The van der Waals surface area contributed by atoms with Crippen LogP contribution in [0.15, 0.2) is 47.9 Å². The molecule has 0 spiro atoms. The monoisotopic (exact) mass is 239 g/mol. The highest BCUT2D eigenvalue weighted by molar-refractivity contribution is 5.64. The van der Waals surface area contributed by atoms with Crippen molar-refractivity contribution in [1.82, 2.24) is 0 Å². The molecule has 3 unspecified atom stereocenters. The number of ether oxygens (including phenoxy) is 1. The van der Waals surface area contributed by atoms with E-state index in [2.05, 4.69) is 23.6 Å². The van der Waals surface area contributed by atoms with Crippen molar-refractivity contribution >= 4 is 6.09 Å². The van der Waals surface area contributed by atoms with E-state index in [9.17, 15) is 4.79 Å². The number of hydrogen-bond acceptors (Lipinski definition) is 2. The van der Waals surface area contributed by atoms with Crippen LogP contribution in [-0.4, -0.2) is 12.7 Å². The number of amides is 1. The Balaban J connectivity index is 1.98. The third-order valence-corrected chi connectivity index (χ3v) is 3.66. The maximum Gasteiger partial charge on any atom is 0.404 e. The Bertz CT molecular complexity index is 592. The molecule has 3 nitrogen and oxygen atoms in total. The number of allylic oxidation sites excluding steroid dienone is 2. The largest absolute Gasteiger partial charge is 0.449 e. The molecule has 2 aliphatic carbocycles. The second-order valence-corrected chi connectivity index (χ2v) is 4.59. The molecule has 3 atom stereocenters. The van der Waals surface area contributed by atoms with Crippen molar-refractivity contribution in [3.05, 3.63) is 59.0 Å². The molecule has 2 aliphatic rings. The van der Waals surface area contributed by atoms with E-state index < -0.39 is 6.09 Å². The zero-order valence-electron chi connectivity index (χ0n) is 9.80. The number of carbonyl (C=O) groups excluding carboxylic acids is 1. The molecule has 1 aromatic carbocycles. The normalized spacial score (nSPS) is 26.8. The van der Waals surface area contributed by atoms with Crippen LogP contribution in [0.25, 0.3) is 0 Å². The van der Waals surface area contributed by atoms with Crippen molar-refractivity contribution in [2.75, 3.05) is 6.61 Å². The number of hydrogen-bond donors (Lipinski definition) is 1. The summed E-state index contributed by atoms with van der Waals surface area (Å²) in [5, 5.41) is 0. The van der Waals surface area contributed by atoms with Gasteiger partial charge in [-0.1, -0.05) is 35.7 Å². The molecule has 1 amide bonds. The molecule has 0 saturated heterocycles. The highest BCUT2D eigenvalue weighted by Gasteiger charge is 2.39. The third-order valence-electron chi connectivity index (χ3n) is 3.66. The van der Waals surface area contributed by atoms with Crippen molar-refractivity contribution in [2.45, 2.75) is 11.8 Å². The number of benzene rings is 1. The van der Waals surface area contributed by atoms with Crippen molar-refractivity contribution in [3.63, 3.8) is 0 Å². The molecular weight excluding hydrogens is 226 g/mol. The quantitative estimate of drug-likeness (QED) is 0.806. The maximum absolute atomic E-state index is 10.8. The first kappa shape index (κ1) is 10.9. The van der Waals surface area contributed by atoms with Gasteiger partial charge in [0.05, 0.1) is 0 Å². The van der Waals surface area contributed by atoms with Gasteiger partial charge < -0.3 is 10.5 Å². The fraction of sp³-hybridized carbons (Fsp3) is 0.267. The Labute approximate surface area is 105 Å². The fourth-order valence-electron chi connectivity index (χ4n) is 2.89.